The molecule has 0 saturated heterocycles. The van der Waals surface area contributed by atoms with Gasteiger partial charge >= 0.3 is 0 Å². The smallest absolute Gasteiger partial charge is 0.260 e. The van der Waals surface area contributed by atoms with Crippen molar-refractivity contribution in [1.82, 2.24) is 5.16 Å². The number of amides is 1. The number of aromatic nitrogens is 1. The summed E-state index contributed by atoms with van der Waals surface area (Å²) in [6.45, 7) is 4.18. The average Bonchev–Trinajstić information content (AvgIpc) is 2.83. The Morgan fingerprint density at radius 3 is 2.76 bits per heavy atom. The van der Waals surface area contributed by atoms with Crippen LogP contribution in [0, 0.1) is 0 Å². The lowest BCUT2D eigenvalue weighted by Crippen LogP contribution is -2.12. The molecule has 0 unspecified atom stereocenters. The third-order valence-electron chi connectivity index (χ3n) is 2.53. The van der Waals surface area contributed by atoms with Crippen molar-refractivity contribution in [1.29, 1.82) is 0 Å². The van der Waals surface area contributed by atoms with Crippen LogP contribution in [0.15, 0.2) is 41.2 Å². The zero-order valence-electron chi connectivity index (χ0n) is 9.81. The third kappa shape index (κ3) is 2.53. The summed E-state index contributed by atoms with van der Waals surface area (Å²) in [5.74, 6) is 0.147. The first-order valence-electron chi connectivity index (χ1n) is 5.48. The molecule has 0 fully saturated rings. The summed E-state index contributed by atoms with van der Waals surface area (Å²) in [5, 5.41) is 6.36. The number of carbonyl (C=O) groups is 1. The van der Waals surface area contributed by atoms with Crippen LogP contribution in [0.2, 0.25) is 0 Å². The second-order valence-electron chi connectivity index (χ2n) is 4.11. The predicted octanol–water partition coefficient (Wildman–Crippen LogP) is 3.05. The van der Waals surface area contributed by atoms with Gasteiger partial charge in [0.2, 0.25) is 0 Å². The average molecular weight is 230 g/mol. The van der Waals surface area contributed by atoms with Gasteiger partial charge in [0.05, 0.1) is 11.8 Å². The molecule has 0 atom stereocenters. The molecular weight excluding hydrogens is 216 g/mol. The van der Waals surface area contributed by atoms with Crippen molar-refractivity contribution in [2.24, 2.45) is 0 Å². The minimum absolute atomic E-state index is 0.209. The van der Waals surface area contributed by atoms with E-state index in [9.17, 15) is 4.79 Å². The van der Waals surface area contributed by atoms with Gasteiger partial charge in [-0.3, -0.25) is 4.79 Å². The molecule has 88 valence electrons. The second kappa shape index (κ2) is 4.82. The molecule has 0 aliphatic heterocycles. The van der Waals surface area contributed by atoms with E-state index >= 15 is 0 Å². The second-order valence-corrected chi connectivity index (χ2v) is 4.11. The highest BCUT2D eigenvalue weighted by Crippen LogP contribution is 2.24. The maximum absolute atomic E-state index is 11.8. The SMILES string of the molecule is CC(C)c1ccccc1NC(=O)c1cnoc1. The first kappa shape index (κ1) is 11.4. The van der Waals surface area contributed by atoms with Crippen LogP contribution in [0.4, 0.5) is 5.69 Å². The van der Waals surface area contributed by atoms with Crippen LogP contribution >= 0.6 is 0 Å². The Kier molecular flexibility index (Phi) is 3.23. The van der Waals surface area contributed by atoms with Gasteiger partial charge in [0, 0.05) is 5.69 Å². The van der Waals surface area contributed by atoms with Gasteiger partial charge < -0.3 is 9.84 Å². The van der Waals surface area contributed by atoms with Crippen molar-refractivity contribution in [3.05, 3.63) is 47.9 Å². The molecular formula is C13H14N2O2. The summed E-state index contributed by atoms with van der Waals surface area (Å²) >= 11 is 0. The summed E-state index contributed by atoms with van der Waals surface area (Å²) in [5.41, 5.74) is 2.36. The molecule has 0 spiro atoms. The van der Waals surface area contributed by atoms with Crippen molar-refractivity contribution in [3.63, 3.8) is 0 Å². The zero-order valence-corrected chi connectivity index (χ0v) is 9.81. The molecule has 0 aliphatic carbocycles. The lowest BCUT2D eigenvalue weighted by Gasteiger charge is -2.12. The molecule has 4 heteroatoms. The summed E-state index contributed by atoms with van der Waals surface area (Å²) < 4.78 is 4.64. The number of carbonyl (C=O) groups excluding carboxylic acids is 1. The number of benzene rings is 1. The van der Waals surface area contributed by atoms with Crippen molar-refractivity contribution in [3.8, 4) is 0 Å². The number of rotatable bonds is 3. The van der Waals surface area contributed by atoms with Gasteiger partial charge in [-0.15, -0.1) is 0 Å². The third-order valence-corrected chi connectivity index (χ3v) is 2.53. The zero-order chi connectivity index (χ0) is 12.3. The van der Waals surface area contributed by atoms with E-state index in [1.54, 1.807) is 0 Å². The molecule has 2 rings (SSSR count). The molecule has 1 N–H and O–H groups in total. The minimum atomic E-state index is -0.209. The van der Waals surface area contributed by atoms with Gasteiger partial charge in [0.1, 0.15) is 6.26 Å². The van der Waals surface area contributed by atoms with Crippen molar-refractivity contribution >= 4 is 11.6 Å². The summed E-state index contributed by atoms with van der Waals surface area (Å²) in [6, 6.07) is 7.76. The van der Waals surface area contributed by atoms with Crippen LogP contribution in [-0.4, -0.2) is 11.1 Å². The molecule has 17 heavy (non-hydrogen) atoms. The fraction of sp³-hybridized carbons (Fsp3) is 0.231. The fourth-order valence-electron chi connectivity index (χ4n) is 1.63. The maximum Gasteiger partial charge on any atom is 0.260 e. The number of hydrogen-bond acceptors (Lipinski definition) is 3. The topological polar surface area (TPSA) is 55.1 Å². The molecule has 1 aromatic heterocycles. The predicted molar refractivity (Wildman–Crippen MR) is 65.0 cm³/mol. The highest BCUT2D eigenvalue weighted by Gasteiger charge is 2.11. The Hall–Kier alpha value is -2.10. The number of anilines is 1. The van der Waals surface area contributed by atoms with Gasteiger partial charge in [0.25, 0.3) is 5.91 Å². The monoisotopic (exact) mass is 230 g/mol. The van der Waals surface area contributed by atoms with E-state index in [0.29, 0.717) is 11.5 Å². The number of nitrogens with zero attached hydrogens (tertiary/aromatic N) is 1. The minimum Gasteiger partial charge on any atom is -0.364 e. The Morgan fingerprint density at radius 2 is 2.12 bits per heavy atom. The van der Waals surface area contributed by atoms with Crippen LogP contribution in [0.3, 0.4) is 0 Å². The van der Waals surface area contributed by atoms with Gasteiger partial charge in [-0.25, -0.2) is 0 Å². The van der Waals surface area contributed by atoms with Crippen LogP contribution in [0.25, 0.3) is 0 Å². The van der Waals surface area contributed by atoms with E-state index in [1.165, 1.54) is 12.5 Å². The van der Waals surface area contributed by atoms with Gasteiger partial charge in [-0.2, -0.15) is 0 Å². The standard InChI is InChI=1S/C13H14N2O2/c1-9(2)11-5-3-4-6-12(11)15-13(16)10-7-14-17-8-10/h3-9H,1-2H3,(H,15,16). The number of nitrogens with one attached hydrogen (secondary N) is 1. The first-order chi connectivity index (χ1) is 8.18. The van der Waals surface area contributed by atoms with Gasteiger partial charge in [-0.1, -0.05) is 37.2 Å². The van der Waals surface area contributed by atoms with Crippen LogP contribution in [-0.2, 0) is 0 Å². The normalized spacial score (nSPS) is 10.5. The number of para-hydroxylation sites is 1. The van der Waals surface area contributed by atoms with Crippen LogP contribution in [0.5, 0.6) is 0 Å². The number of hydrogen-bond donors (Lipinski definition) is 1. The molecule has 4 nitrogen and oxygen atoms in total. The first-order valence-corrected chi connectivity index (χ1v) is 5.48. The largest absolute Gasteiger partial charge is 0.364 e. The maximum atomic E-state index is 11.8. The van der Waals surface area contributed by atoms with Crippen LogP contribution in [0.1, 0.15) is 35.7 Å². The lowest BCUT2D eigenvalue weighted by atomic mass is 10.0. The quantitative estimate of drug-likeness (QED) is 0.881. The molecule has 0 bridgehead atoms. The fourth-order valence-corrected chi connectivity index (χ4v) is 1.63. The molecule has 1 heterocycles. The van der Waals surface area contributed by atoms with Gasteiger partial charge in [0.15, 0.2) is 0 Å². The van der Waals surface area contributed by atoms with Crippen molar-refractivity contribution < 1.29 is 9.32 Å². The molecule has 2 aromatic rings. The molecule has 1 aromatic carbocycles. The molecule has 1 amide bonds. The Bertz CT molecular complexity index is 504. The highest BCUT2D eigenvalue weighted by molar-refractivity contribution is 6.04. The van der Waals surface area contributed by atoms with E-state index in [0.717, 1.165) is 11.3 Å². The van der Waals surface area contributed by atoms with Crippen LogP contribution < -0.4 is 5.32 Å². The molecule has 0 saturated carbocycles. The lowest BCUT2D eigenvalue weighted by molar-refractivity contribution is 0.102. The van der Waals surface area contributed by atoms with E-state index in [4.69, 9.17) is 0 Å². The van der Waals surface area contributed by atoms with Gasteiger partial charge in [-0.05, 0) is 17.5 Å². The Morgan fingerprint density at radius 1 is 1.35 bits per heavy atom. The van der Waals surface area contributed by atoms with E-state index < -0.39 is 0 Å². The Balaban J connectivity index is 2.22. The molecule has 0 radical (unpaired) electrons. The van der Waals surface area contributed by atoms with E-state index in [1.807, 2.05) is 24.3 Å². The van der Waals surface area contributed by atoms with E-state index in [2.05, 4.69) is 28.8 Å². The summed E-state index contributed by atoms with van der Waals surface area (Å²) in [7, 11) is 0. The summed E-state index contributed by atoms with van der Waals surface area (Å²) in [4.78, 5) is 11.8. The van der Waals surface area contributed by atoms with Crippen molar-refractivity contribution in [2.75, 3.05) is 5.32 Å². The summed E-state index contributed by atoms with van der Waals surface area (Å²) in [6.07, 6.45) is 2.72. The van der Waals surface area contributed by atoms with Crippen molar-refractivity contribution in [2.45, 2.75) is 19.8 Å². The highest BCUT2D eigenvalue weighted by atomic mass is 16.5. The van der Waals surface area contributed by atoms with E-state index in [-0.39, 0.29) is 5.91 Å². The Labute approximate surface area is 99.6 Å². The molecule has 0 aliphatic rings.